The van der Waals surface area contributed by atoms with Gasteiger partial charge in [0.15, 0.2) is 0 Å². The van der Waals surface area contributed by atoms with E-state index in [4.69, 9.17) is 16.7 Å². The first-order valence-corrected chi connectivity index (χ1v) is 7.33. The molecule has 0 aliphatic heterocycles. The molecule has 0 unspecified atom stereocenters. The van der Waals surface area contributed by atoms with E-state index in [1.165, 1.54) is 17.4 Å². The number of amides is 1. The Morgan fingerprint density at radius 1 is 1.33 bits per heavy atom. The Hall–Kier alpha value is -2.11. The van der Waals surface area contributed by atoms with Gasteiger partial charge in [0.05, 0.1) is 5.02 Å². The smallest absolute Gasteiger partial charge is 0.328 e. The molecule has 0 bridgehead atoms. The maximum atomic E-state index is 11.9. The third-order valence-electron chi connectivity index (χ3n) is 2.65. The molecule has 2 aromatic rings. The zero-order valence-corrected chi connectivity index (χ0v) is 12.4. The molecular formula is C15H12ClNO3S. The molecule has 1 amide bonds. The summed E-state index contributed by atoms with van der Waals surface area (Å²) in [6.07, 6.45) is 2.58. The number of hydrogen-bond donors (Lipinski definition) is 2. The summed E-state index contributed by atoms with van der Waals surface area (Å²) in [5, 5.41) is 13.6. The summed E-state index contributed by atoms with van der Waals surface area (Å²) in [5.74, 6) is -1.22. The van der Waals surface area contributed by atoms with Crippen LogP contribution in [0.5, 0.6) is 0 Å². The number of thiophene rings is 1. The van der Waals surface area contributed by atoms with Crippen molar-refractivity contribution in [2.24, 2.45) is 0 Å². The summed E-state index contributed by atoms with van der Waals surface area (Å²) in [4.78, 5) is 22.9. The van der Waals surface area contributed by atoms with Gasteiger partial charge < -0.3 is 10.4 Å². The van der Waals surface area contributed by atoms with E-state index in [9.17, 15) is 9.59 Å². The Kier molecular flexibility index (Phi) is 5.14. The number of halogens is 1. The van der Waals surface area contributed by atoms with Gasteiger partial charge in [0.2, 0.25) is 0 Å². The third kappa shape index (κ3) is 4.44. The number of carbonyl (C=O) groups excluding carboxylic acids is 1. The van der Waals surface area contributed by atoms with Gasteiger partial charge in [-0.2, -0.15) is 0 Å². The fourth-order valence-electron chi connectivity index (χ4n) is 1.69. The lowest BCUT2D eigenvalue weighted by atomic mass is 10.1. The van der Waals surface area contributed by atoms with Gasteiger partial charge in [-0.05, 0) is 34.7 Å². The number of carboxylic acids is 1. The molecule has 0 aliphatic rings. The van der Waals surface area contributed by atoms with E-state index in [0.29, 0.717) is 16.4 Å². The van der Waals surface area contributed by atoms with Crippen LogP contribution in [0.3, 0.4) is 0 Å². The summed E-state index contributed by atoms with van der Waals surface area (Å²) in [6, 6.07) is 8.95. The van der Waals surface area contributed by atoms with Crippen LogP contribution in [-0.4, -0.2) is 17.0 Å². The van der Waals surface area contributed by atoms with Crippen molar-refractivity contribution in [2.45, 2.75) is 6.54 Å². The summed E-state index contributed by atoms with van der Waals surface area (Å²) in [5.41, 5.74) is 1.64. The molecule has 1 aromatic heterocycles. The van der Waals surface area contributed by atoms with Crippen molar-refractivity contribution in [1.29, 1.82) is 0 Å². The molecule has 21 heavy (non-hydrogen) atoms. The van der Waals surface area contributed by atoms with Crippen LogP contribution >= 0.6 is 22.9 Å². The average molecular weight is 322 g/mol. The summed E-state index contributed by atoms with van der Waals surface area (Å²) in [7, 11) is 0. The molecule has 0 fully saturated rings. The highest BCUT2D eigenvalue weighted by Crippen LogP contribution is 2.21. The molecule has 1 heterocycles. The molecule has 0 aliphatic carbocycles. The van der Waals surface area contributed by atoms with Gasteiger partial charge in [0.25, 0.3) is 5.91 Å². The minimum atomic E-state index is -0.999. The van der Waals surface area contributed by atoms with Crippen LogP contribution in [-0.2, 0) is 11.3 Å². The van der Waals surface area contributed by atoms with E-state index in [2.05, 4.69) is 5.32 Å². The number of nitrogens with one attached hydrogen (secondary N) is 1. The Bertz CT molecular complexity index is 694. The van der Waals surface area contributed by atoms with Gasteiger partial charge in [0, 0.05) is 12.6 Å². The molecule has 1 aromatic carbocycles. The largest absolute Gasteiger partial charge is 0.478 e. The van der Waals surface area contributed by atoms with Crippen molar-refractivity contribution in [1.82, 2.24) is 5.32 Å². The second kappa shape index (κ2) is 7.06. The zero-order valence-electron chi connectivity index (χ0n) is 10.9. The maximum Gasteiger partial charge on any atom is 0.328 e. The van der Waals surface area contributed by atoms with E-state index in [1.54, 1.807) is 23.6 Å². The Morgan fingerprint density at radius 3 is 2.81 bits per heavy atom. The van der Waals surface area contributed by atoms with Crippen LogP contribution in [0, 0.1) is 0 Å². The van der Waals surface area contributed by atoms with E-state index < -0.39 is 5.97 Å². The normalized spacial score (nSPS) is 10.7. The quantitative estimate of drug-likeness (QED) is 0.829. The molecule has 0 saturated heterocycles. The van der Waals surface area contributed by atoms with Crippen molar-refractivity contribution in [2.75, 3.05) is 0 Å². The van der Waals surface area contributed by atoms with Crippen LogP contribution < -0.4 is 5.32 Å². The van der Waals surface area contributed by atoms with Crippen molar-refractivity contribution >= 4 is 40.9 Å². The lowest BCUT2D eigenvalue weighted by Crippen LogP contribution is -2.22. The molecule has 6 heteroatoms. The first-order valence-electron chi connectivity index (χ1n) is 6.07. The van der Waals surface area contributed by atoms with Gasteiger partial charge in [-0.1, -0.05) is 29.8 Å². The molecular weight excluding hydrogens is 310 g/mol. The van der Waals surface area contributed by atoms with Gasteiger partial charge in [0.1, 0.15) is 4.88 Å². The second-order valence-corrected chi connectivity index (χ2v) is 5.52. The van der Waals surface area contributed by atoms with E-state index in [-0.39, 0.29) is 5.91 Å². The maximum absolute atomic E-state index is 11.9. The van der Waals surface area contributed by atoms with Crippen LogP contribution in [0.15, 0.2) is 41.8 Å². The standard InChI is InChI=1S/C15H12ClNO3S/c16-12-6-7-21-14(12)15(20)17-9-11-3-1-2-10(8-11)4-5-13(18)19/h1-8H,9H2,(H,17,20)(H,18,19)/b5-4+. The zero-order chi connectivity index (χ0) is 15.2. The van der Waals surface area contributed by atoms with Crippen molar-refractivity contribution in [3.05, 3.63) is 62.8 Å². The molecule has 108 valence electrons. The molecule has 0 radical (unpaired) electrons. The predicted molar refractivity (Wildman–Crippen MR) is 83.6 cm³/mol. The summed E-state index contributed by atoms with van der Waals surface area (Å²) < 4.78 is 0. The van der Waals surface area contributed by atoms with Crippen LogP contribution in [0.4, 0.5) is 0 Å². The predicted octanol–water partition coefficient (Wildman–Crippen LogP) is 3.43. The highest BCUT2D eigenvalue weighted by molar-refractivity contribution is 7.12. The van der Waals surface area contributed by atoms with E-state index in [0.717, 1.165) is 17.2 Å². The second-order valence-electron chi connectivity index (χ2n) is 4.20. The Morgan fingerprint density at radius 2 is 2.14 bits per heavy atom. The van der Waals surface area contributed by atoms with Gasteiger partial charge in [-0.3, -0.25) is 4.79 Å². The minimum Gasteiger partial charge on any atom is -0.478 e. The molecule has 2 N–H and O–H groups in total. The number of hydrogen-bond acceptors (Lipinski definition) is 3. The Labute approximate surface area is 130 Å². The summed E-state index contributed by atoms with van der Waals surface area (Å²) in [6.45, 7) is 0.349. The molecule has 0 atom stereocenters. The SMILES string of the molecule is O=C(O)/C=C/c1cccc(CNC(=O)c2sccc2Cl)c1. The number of benzene rings is 1. The van der Waals surface area contributed by atoms with Gasteiger partial charge >= 0.3 is 5.97 Å². The minimum absolute atomic E-state index is 0.221. The van der Waals surface area contributed by atoms with Crippen molar-refractivity contribution in [3.63, 3.8) is 0 Å². The van der Waals surface area contributed by atoms with E-state index >= 15 is 0 Å². The lowest BCUT2D eigenvalue weighted by molar-refractivity contribution is -0.131. The number of aliphatic carboxylic acids is 1. The number of carboxylic acid groups (broad SMARTS) is 1. The molecule has 0 spiro atoms. The molecule has 2 rings (SSSR count). The Balaban J connectivity index is 2.00. The van der Waals surface area contributed by atoms with Crippen molar-refractivity contribution < 1.29 is 14.7 Å². The highest BCUT2D eigenvalue weighted by Gasteiger charge is 2.11. The average Bonchev–Trinajstić information content (AvgIpc) is 2.89. The van der Waals surface area contributed by atoms with E-state index in [1.807, 2.05) is 12.1 Å². The fraction of sp³-hybridized carbons (Fsp3) is 0.0667. The topological polar surface area (TPSA) is 66.4 Å². The van der Waals surface area contributed by atoms with Gasteiger partial charge in [-0.15, -0.1) is 11.3 Å². The van der Waals surface area contributed by atoms with Crippen LogP contribution in [0.25, 0.3) is 6.08 Å². The monoisotopic (exact) mass is 321 g/mol. The molecule has 4 nitrogen and oxygen atoms in total. The van der Waals surface area contributed by atoms with Crippen LogP contribution in [0.1, 0.15) is 20.8 Å². The van der Waals surface area contributed by atoms with Crippen molar-refractivity contribution in [3.8, 4) is 0 Å². The highest BCUT2D eigenvalue weighted by atomic mass is 35.5. The first-order chi connectivity index (χ1) is 10.1. The fourth-order valence-corrected chi connectivity index (χ4v) is 2.75. The number of carbonyl (C=O) groups is 2. The number of rotatable bonds is 5. The third-order valence-corrected chi connectivity index (χ3v) is 3.99. The van der Waals surface area contributed by atoms with Gasteiger partial charge in [-0.25, -0.2) is 4.79 Å². The first kappa shape index (κ1) is 15.3. The molecule has 0 saturated carbocycles. The van der Waals surface area contributed by atoms with Crippen LogP contribution in [0.2, 0.25) is 5.02 Å². The summed E-state index contributed by atoms with van der Waals surface area (Å²) >= 11 is 7.18. The lowest BCUT2D eigenvalue weighted by Gasteiger charge is -2.05.